The van der Waals surface area contributed by atoms with Crippen LogP contribution < -0.4 is 5.32 Å². The summed E-state index contributed by atoms with van der Waals surface area (Å²) in [5, 5.41) is 128. The van der Waals surface area contributed by atoms with Gasteiger partial charge in [0, 0.05) is 20.5 Å². The molecule has 0 unspecified atom stereocenters. The number of ether oxygens (including phenoxy) is 8. The standard InChI is InChI=1S/C27H47NO21/c1-8(33)28-27(41)23(40)21(47-14-3-9(34)15(35)10(4-29)43-14)13(7-32)46-26(27)49-22-16(36)11(5-30)44-25(19(22)39)48-20-12(6-31)45-24(42-2)18(38)17(20)37/h9-26,29-32,34-41H,3-7H2,1-2H3,(H,28,33)/t9-,10-,11-,12-,13-,14+,15-,16+,17-,18-,19-,20-,21-,22+,23+,24-,25+,26+,27-/m1/s1. The molecule has 0 saturated carbocycles. The first kappa shape index (κ1) is 40.4. The third kappa shape index (κ3) is 8.34. The highest BCUT2D eigenvalue weighted by Crippen LogP contribution is 2.37. The summed E-state index contributed by atoms with van der Waals surface area (Å²) in [5.41, 5.74) is -2.97. The van der Waals surface area contributed by atoms with Gasteiger partial charge < -0.3 is 104 Å². The summed E-state index contributed by atoms with van der Waals surface area (Å²) < 4.78 is 44.0. The fraction of sp³-hybridized carbons (Fsp3) is 0.963. The molecule has 22 heteroatoms. The number of hydrogen-bond acceptors (Lipinski definition) is 21. The Kier molecular flexibility index (Phi) is 14.0. The number of hydrogen-bond donors (Lipinski definition) is 13. The maximum absolute atomic E-state index is 12.2. The van der Waals surface area contributed by atoms with E-state index < -0.39 is 149 Å². The smallest absolute Gasteiger partial charge is 0.219 e. The Morgan fingerprint density at radius 3 is 1.82 bits per heavy atom. The number of carbonyl (C=O) groups excluding carboxylic acids is 1. The first-order valence-electron chi connectivity index (χ1n) is 15.5. The van der Waals surface area contributed by atoms with E-state index >= 15 is 0 Å². The van der Waals surface area contributed by atoms with Crippen LogP contribution in [0.4, 0.5) is 0 Å². The van der Waals surface area contributed by atoms with E-state index in [-0.39, 0.29) is 6.42 Å². The minimum atomic E-state index is -2.97. The molecular weight excluding hydrogens is 674 g/mol. The predicted molar refractivity (Wildman–Crippen MR) is 150 cm³/mol. The van der Waals surface area contributed by atoms with Crippen LogP contribution in [0.25, 0.3) is 0 Å². The molecule has 0 aromatic rings. The van der Waals surface area contributed by atoms with Crippen molar-refractivity contribution >= 4 is 5.91 Å². The highest BCUT2D eigenvalue weighted by atomic mass is 16.8. The number of methoxy groups -OCH3 is 1. The van der Waals surface area contributed by atoms with Crippen LogP contribution in [0.1, 0.15) is 13.3 Å². The van der Waals surface area contributed by atoms with Gasteiger partial charge in [-0.3, -0.25) is 4.79 Å². The predicted octanol–water partition coefficient (Wildman–Crippen LogP) is -8.60. The van der Waals surface area contributed by atoms with E-state index in [2.05, 4.69) is 5.32 Å². The van der Waals surface area contributed by atoms with Gasteiger partial charge >= 0.3 is 0 Å². The molecule has 4 heterocycles. The van der Waals surface area contributed by atoms with Crippen molar-refractivity contribution in [3.63, 3.8) is 0 Å². The molecule has 22 nitrogen and oxygen atoms in total. The third-order valence-corrected chi connectivity index (χ3v) is 8.81. The second kappa shape index (κ2) is 17.0. The Hall–Kier alpha value is -1.33. The van der Waals surface area contributed by atoms with Gasteiger partial charge in [0.1, 0.15) is 79.4 Å². The highest BCUT2D eigenvalue weighted by molar-refractivity contribution is 5.73. The largest absolute Gasteiger partial charge is 0.394 e. The summed E-state index contributed by atoms with van der Waals surface area (Å²) >= 11 is 0. The van der Waals surface area contributed by atoms with Gasteiger partial charge in [-0.1, -0.05) is 0 Å². The van der Waals surface area contributed by atoms with Crippen LogP contribution in [0.3, 0.4) is 0 Å². The summed E-state index contributed by atoms with van der Waals surface area (Å²) in [6.45, 7) is -2.39. The molecule has 4 fully saturated rings. The second-order valence-electron chi connectivity index (χ2n) is 12.2. The minimum Gasteiger partial charge on any atom is -0.394 e. The molecule has 19 atom stereocenters. The summed E-state index contributed by atoms with van der Waals surface area (Å²) in [7, 11) is 1.17. The quantitative estimate of drug-likeness (QED) is 0.0832. The Bertz CT molecular complexity index is 1060. The van der Waals surface area contributed by atoms with Crippen LogP contribution in [-0.4, -0.2) is 217 Å². The Labute approximate surface area is 278 Å². The Morgan fingerprint density at radius 1 is 0.673 bits per heavy atom. The molecular formula is C27H47NO21. The van der Waals surface area contributed by atoms with Crippen molar-refractivity contribution < 1.29 is 104 Å². The summed E-state index contributed by atoms with van der Waals surface area (Å²) in [6.07, 6.45) is -31.1. The summed E-state index contributed by atoms with van der Waals surface area (Å²) in [5.74, 6) is -0.954. The second-order valence-corrected chi connectivity index (χ2v) is 12.2. The number of rotatable bonds is 12. The van der Waals surface area contributed by atoms with Gasteiger partial charge in [0.25, 0.3) is 0 Å². The molecule has 286 valence electrons. The lowest BCUT2D eigenvalue weighted by Crippen LogP contribution is -2.76. The number of amides is 1. The van der Waals surface area contributed by atoms with Crippen LogP contribution in [0.2, 0.25) is 0 Å². The van der Waals surface area contributed by atoms with Gasteiger partial charge in [-0.25, -0.2) is 0 Å². The van der Waals surface area contributed by atoms with Gasteiger partial charge in [0.05, 0.1) is 32.5 Å². The van der Waals surface area contributed by atoms with E-state index in [9.17, 15) is 66.1 Å². The van der Waals surface area contributed by atoms with Crippen LogP contribution in [0, 0.1) is 0 Å². The highest BCUT2D eigenvalue weighted by Gasteiger charge is 2.61. The molecule has 4 aliphatic heterocycles. The van der Waals surface area contributed by atoms with Crippen LogP contribution >= 0.6 is 0 Å². The maximum Gasteiger partial charge on any atom is 0.219 e. The lowest BCUT2D eigenvalue weighted by molar-refractivity contribution is -0.404. The van der Waals surface area contributed by atoms with Crippen molar-refractivity contribution in [2.24, 2.45) is 0 Å². The fourth-order valence-corrected chi connectivity index (χ4v) is 6.16. The molecule has 0 spiro atoms. The fourth-order valence-electron chi connectivity index (χ4n) is 6.16. The lowest BCUT2D eigenvalue weighted by Gasteiger charge is -2.52. The van der Waals surface area contributed by atoms with Gasteiger partial charge in [-0.05, 0) is 0 Å². The van der Waals surface area contributed by atoms with E-state index in [1.807, 2.05) is 0 Å². The van der Waals surface area contributed by atoms with Crippen molar-refractivity contribution in [3.05, 3.63) is 0 Å². The molecule has 4 saturated heterocycles. The Morgan fingerprint density at radius 2 is 1.24 bits per heavy atom. The van der Waals surface area contributed by atoms with Gasteiger partial charge in [0.2, 0.25) is 17.9 Å². The molecule has 0 radical (unpaired) electrons. The molecule has 0 bridgehead atoms. The van der Waals surface area contributed by atoms with E-state index in [1.54, 1.807) is 0 Å². The van der Waals surface area contributed by atoms with Crippen molar-refractivity contribution in [1.29, 1.82) is 0 Å². The van der Waals surface area contributed by atoms with E-state index in [0.29, 0.717) is 0 Å². The zero-order chi connectivity index (χ0) is 36.4. The SMILES string of the molecule is CO[C@@H]1O[C@H](CO)[C@@H](O[C@@H]2O[C@H](CO)[C@H](O)[C@H](O[C@@H]3O[C@H](CO)[C@@H](O[C@H]4C[C@@H](O)[C@@H](O)[C@@H](CO)O4)[C@H](O)[C@]3(O)NC(C)=O)[C@H]2O)[C@H](O)[C@H]1O. The van der Waals surface area contributed by atoms with E-state index in [0.717, 1.165) is 6.92 Å². The molecule has 4 aliphatic rings. The monoisotopic (exact) mass is 721 g/mol. The topological polar surface area (TPSA) is 346 Å². The van der Waals surface area contributed by atoms with E-state index in [4.69, 9.17) is 37.9 Å². The van der Waals surface area contributed by atoms with E-state index in [1.165, 1.54) is 7.11 Å². The van der Waals surface area contributed by atoms with Crippen LogP contribution in [0.15, 0.2) is 0 Å². The van der Waals surface area contributed by atoms with Crippen molar-refractivity contribution in [1.82, 2.24) is 5.32 Å². The average molecular weight is 722 g/mol. The summed E-state index contributed by atoms with van der Waals surface area (Å²) in [4.78, 5) is 12.2. The maximum atomic E-state index is 12.2. The number of aliphatic hydroxyl groups is 12. The number of nitrogens with one attached hydrogen (secondary N) is 1. The average Bonchev–Trinajstić information content (AvgIpc) is 3.07. The minimum absolute atomic E-state index is 0.386. The van der Waals surface area contributed by atoms with Crippen LogP contribution in [0.5, 0.6) is 0 Å². The molecule has 0 aromatic heterocycles. The normalized spacial score (nSPS) is 49.4. The molecule has 0 aromatic carbocycles. The zero-order valence-electron chi connectivity index (χ0n) is 26.5. The first-order valence-corrected chi connectivity index (χ1v) is 15.5. The number of aliphatic hydroxyl groups excluding tert-OH is 11. The van der Waals surface area contributed by atoms with Gasteiger partial charge in [-0.2, -0.15) is 0 Å². The van der Waals surface area contributed by atoms with Crippen LogP contribution in [-0.2, 0) is 42.7 Å². The van der Waals surface area contributed by atoms with Gasteiger partial charge in [0.15, 0.2) is 18.9 Å². The van der Waals surface area contributed by atoms with Gasteiger partial charge in [-0.15, -0.1) is 0 Å². The lowest BCUT2D eigenvalue weighted by atomic mass is 9.91. The van der Waals surface area contributed by atoms with Crippen molar-refractivity contribution in [2.75, 3.05) is 33.5 Å². The summed E-state index contributed by atoms with van der Waals surface area (Å²) in [6, 6.07) is 0. The third-order valence-electron chi connectivity index (χ3n) is 8.81. The molecule has 1 amide bonds. The molecule has 13 N–H and O–H groups in total. The molecule has 0 aliphatic carbocycles. The van der Waals surface area contributed by atoms with Crippen molar-refractivity contribution in [3.8, 4) is 0 Å². The molecule has 4 rings (SSSR count). The first-order chi connectivity index (χ1) is 23.1. The Balaban J connectivity index is 1.58. The number of carbonyl (C=O) groups is 1. The molecule has 49 heavy (non-hydrogen) atoms. The van der Waals surface area contributed by atoms with Crippen molar-refractivity contribution in [2.45, 2.75) is 130 Å². The zero-order valence-corrected chi connectivity index (χ0v) is 26.5.